The molecule has 1 aliphatic rings. The number of ether oxygens (including phenoxy) is 1. The van der Waals surface area contributed by atoms with Crippen LogP contribution in [-0.4, -0.2) is 43.7 Å². The average Bonchev–Trinajstić information content (AvgIpc) is 3.00. The second-order valence-corrected chi connectivity index (χ2v) is 13.1. The highest BCUT2D eigenvalue weighted by Gasteiger charge is 2.33. The molecule has 10 nitrogen and oxygen atoms in total. The Bertz CT molecular complexity index is 2010. The van der Waals surface area contributed by atoms with Crippen molar-refractivity contribution in [2.45, 2.75) is 39.0 Å². The van der Waals surface area contributed by atoms with Gasteiger partial charge in [-0.25, -0.2) is 13.1 Å². The molecule has 0 aliphatic heterocycles. The van der Waals surface area contributed by atoms with E-state index >= 15 is 0 Å². The number of ketones is 2. The number of aromatic nitrogens is 1. The van der Waals surface area contributed by atoms with Crippen molar-refractivity contribution in [3.05, 3.63) is 87.7 Å². The third kappa shape index (κ3) is 5.33. The molecule has 228 valence electrons. The molecule has 1 heterocycles. The van der Waals surface area contributed by atoms with Gasteiger partial charge in [-0.05, 0) is 69.2 Å². The molecule has 5 rings (SSSR count). The number of esters is 1. The van der Waals surface area contributed by atoms with Crippen molar-refractivity contribution in [3.8, 4) is 11.1 Å². The van der Waals surface area contributed by atoms with Crippen LogP contribution < -0.4 is 15.6 Å². The first kappa shape index (κ1) is 30.8. The van der Waals surface area contributed by atoms with E-state index in [4.69, 9.17) is 4.74 Å². The van der Waals surface area contributed by atoms with Crippen LogP contribution in [0.2, 0.25) is 0 Å². The Hall–Kier alpha value is -4.61. The Morgan fingerprint density at radius 2 is 1.59 bits per heavy atom. The lowest BCUT2D eigenvalue weighted by atomic mass is 9.80. The van der Waals surface area contributed by atoms with Crippen LogP contribution in [0.5, 0.6) is 0 Å². The van der Waals surface area contributed by atoms with Crippen molar-refractivity contribution in [1.82, 2.24) is 9.29 Å². The lowest BCUT2D eigenvalue weighted by Crippen LogP contribution is -2.31. The molecular formula is C33H33N3O7S. The molecule has 4 aromatic rings. The number of benzene rings is 3. The molecule has 0 saturated heterocycles. The molecule has 0 atom stereocenters. The summed E-state index contributed by atoms with van der Waals surface area (Å²) in [7, 11) is -2.31. The number of aryl methyl sites for hydroxylation is 1. The van der Waals surface area contributed by atoms with E-state index in [0.29, 0.717) is 51.0 Å². The van der Waals surface area contributed by atoms with Gasteiger partial charge >= 0.3 is 5.97 Å². The number of rotatable bonds is 10. The van der Waals surface area contributed by atoms with Crippen molar-refractivity contribution in [2.75, 3.05) is 18.5 Å². The van der Waals surface area contributed by atoms with Gasteiger partial charge in [0.25, 0.3) is 5.56 Å². The van der Waals surface area contributed by atoms with Gasteiger partial charge in [0.15, 0.2) is 11.6 Å². The zero-order chi connectivity index (χ0) is 32.0. The van der Waals surface area contributed by atoms with E-state index in [0.717, 1.165) is 0 Å². The Balaban J connectivity index is 1.45. The zero-order valence-corrected chi connectivity index (χ0v) is 25.9. The summed E-state index contributed by atoms with van der Waals surface area (Å²) in [6, 6.07) is 16.3. The van der Waals surface area contributed by atoms with Crippen LogP contribution >= 0.6 is 0 Å². The van der Waals surface area contributed by atoms with Gasteiger partial charge < -0.3 is 14.6 Å². The number of nitrogens with zero attached hydrogens (tertiary/aromatic N) is 1. The van der Waals surface area contributed by atoms with Gasteiger partial charge in [0.1, 0.15) is 6.61 Å². The molecule has 0 amide bonds. The molecule has 0 unspecified atom stereocenters. The Labute approximate surface area is 255 Å². The summed E-state index contributed by atoms with van der Waals surface area (Å²) >= 11 is 0. The molecule has 11 heteroatoms. The Morgan fingerprint density at radius 3 is 2.23 bits per heavy atom. The summed E-state index contributed by atoms with van der Waals surface area (Å²) < 4.78 is 34.7. The second-order valence-electron chi connectivity index (χ2n) is 11.3. The molecule has 1 aromatic heterocycles. The maximum atomic E-state index is 13.9. The maximum Gasteiger partial charge on any atom is 0.311 e. The largest absolute Gasteiger partial charge is 0.464 e. The number of pyridine rings is 1. The summed E-state index contributed by atoms with van der Waals surface area (Å²) in [4.78, 5) is 52.0. The first-order valence-electron chi connectivity index (χ1n) is 14.2. The summed E-state index contributed by atoms with van der Waals surface area (Å²) in [6.45, 7) is 6.57. The number of Topliss-reactive ketones (excluding diaryl/α,β-unsaturated/α-hetero) is 1. The summed E-state index contributed by atoms with van der Waals surface area (Å²) in [6.07, 6.45) is 0.598. The van der Waals surface area contributed by atoms with E-state index in [9.17, 15) is 27.6 Å². The maximum absolute atomic E-state index is 13.9. The minimum Gasteiger partial charge on any atom is -0.464 e. The Kier molecular flexibility index (Phi) is 8.04. The van der Waals surface area contributed by atoms with E-state index in [1.165, 1.54) is 23.6 Å². The minimum atomic E-state index is -3.88. The first-order chi connectivity index (χ1) is 20.8. The predicted octanol–water partition coefficient (Wildman–Crippen LogP) is 4.95. The third-order valence-electron chi connectivity index (χ3n) is 8.09. The molecule has 0 spiro atoms. The lowest BCUT2D eigenvalue weighted by Gasteiger charge is -2.25. The van der Waals surface area contributed by atoms with Crippen molar-refractivity contribution in [2.24, 2.45) is 12.5 Å². The lowest BCUT2D eigenvalue weighted by molar-refractivity contribution is -0.153. The highest BCUT2D eigenvalue weighted by Crippen LogP contribution is 2.43. The molecule has 3 aromatic carbocycles. The number of carbonyl (C=O) groups excluding carboxylic acids is 3. The summed E-state index contributed by atoms with van der Waals surface area (Å²) in [5.41, 5.74) is 2.05. The quantitative estimate of drug-likeness (QED) is 0.128. The fourth-order valence-electron chi connectivity index (χ4n) is 5.22. The van der Waals surface area contributed by atoms with Gasteiger partial charge in [0.05, 0.1) is 32.6 Å². The summed E-state index contributed by atoms with van der Waals surface area (Å²) in [5.74, 6) is -1.05. The molecule has 44 heavy (non-hydrogen) atoms. The third-order valence-corrected chi connectivity index (χ3v) is 9.57. The van der Waals surface area contributed by atoms with Crippen molar-refractivity contribution < 1.29 is 27.5 Å². The van der Waals surface area contributed by atoms with Gasteiger partial charge in [-0.15, -0.1) is 0 Å². The molecule has 0 radical (unpaired) electrons. The SMILES string of the molecule is CCC(C)(C)C(=O)OCCNS(=O)(=O)c1ccc(Nc2ccc3c4c2C(=O)c2ccccc2-c4c(C(C)=O)c(=O)n3C)cc1. The topological polar surface area (TPSA) is 141 Å². The van der Waals surface area contributed by atoms with Crippen molar-refractivity contribution in [1.29, 1.82) is 0 Å². The molecular weight excluding hydrogens is 582 g/mol. The number of sulfonamides is 1. The van der Waals surface area contributed by atoms with Crippen molar-refractivity contribution >= 4 is 49.8 Å². The van der Waals surface area contributed by atoms with Crippen LogP contribution in [0.25, 0.3) is 22.0 Å². The smallest absolute Gasteiger partial charge is 0.311 e. The van der Waals surface area contributed by atoms with Gasteiger partial charge in [-0.2, -0.15) is 0 Å². The monoisotopic (exact) mass is 615 g/mol. The van der Waals surface area contributed by atoms with Gasteiger partial charge in [-0.1, -0.05) is 31.2 Å². The van der Waals surface area contributed by atoms with Crippen LogP contribution in [0.3, 0.4) is 0 Å². The number of hydrogen-bond donors (Lipinski definition) is 2. The molecule has 1 aliphatic carbocycles. The van der Waals surface area contributed by atoms with Gasteiger partial charge in [0, 0.05) is 35.8 Å². The average molecular weight is 616 g/mol. The first-order valence-corrected chi connectivity index (χ1v) is 15.7. The molecule has 0 saturated carbocycles. The Morgan fingerprint density at radius 1 is 0.932 bits per heavy atom. The standard InChI is InChI=1S/C33H33N3O7S/c1-6-33(3,4)32(40)43-18-17-34-44(41,42)21-13-11-20(12-14-21)35-24-15-16-25-29-27(26(19(2)37)31(39)36(25)5)22-9-7-8-10-23(22)30(38)28(24)29/h7-16,34-35H,6,17-18H2,1-5H3. The number of anilines is 2. The van der Waals surface area contributed by atoms with E-state index in [1.54, 1.807) is 69.4 Å². The second kappa shape index (κ2) is 11.5. The van der Waals surface area contributed by atoms with Crippen molar-refractivity contribution in [3.63, 3.8) is 0 Å². The molecule has 2 N–H and O–H groups in total. The number of nitrogens with one attached hydrogen (secondary N) is 2. The van der Waals surface area contributed by atoms with E-state index in [2.05, 4.69) is 10.0 Å². The van der Waals surface area contributed by atoms with Gasteiger partial charge in [0.2, 0.25) is 10.0 Å². The number of hydrogen-bond acceptors (Lipinski definition) is 8. The normalized spacial score (nSPS) is 12.6. The van der Waals surface area contributed by atoms with Crippen LogP contribution in [0.1, 0.15) is 60.4 Å². The van der Waals surface area contributed by atoms with Gasteiger partial charge in [-0.3, -0.25) is 19.2 Å². The zero-order valence-electron chi connectivity index (χ0n) is 25.1. The van der Waals surface area contributed by atoms with E-state index in [1.807, 2.05) is 6.92 Å². The van der Waals surface area contributed by atoms with Crippen LogP contribution in [0.4, 0.5) is 11.4 Å². The number of fused-ring (bicyclic) bond motifs is 2. The van der Waals surface area contributed by atoms with Crippen LogP contribution in [-0.2, 0) is 26.6 Å². The fourth-order valence-corrected chi connectivity index (χ4v) is 6.23. The number of carbonyl (C=O) groups is 3. The van der Waals surface area contributed by atoms with Crippen LogP contribution in [0.15, 0.2) is 70.4 Å². The fraction of sp³-hybridized carbons (Fsp3) is 0.273. The highest BCUT2D eigenvalue weighted by molar-refractivity contribution is 7.89. The van der Waals surface area contributed by atoms with E-state index < -0.39 is 32.8 Å². The molecule has 0 fully saturated rings. The molecule has 0 bridgehead atoms. The minimum absolute atomic E-state index is 0.0107. The van der Waals surface area contributed by atoms with Crippen LogP contribution in [0, 0.1) is 5.41 Å². The summed E-state index contributed by atoms with van der Waals surface area (Å²) in [5, 5.41) is 3.72. The van der Waals surface area contributed by atoms with E-state index in [-0.39, 0.29) is 29.4 Å². The predicted molar refractivity (Wildman–Crippen MR) is 168 cm³/mol. The highest BCUT2D eigenvalue weighted by atomic mass is 32.2.